The van der Waals surface area contributed by atoms with Crippen LogP contribution in [0.3, 0.4) is 0 Å². The van der Waals surface area contributed by atoms with Crippen LogP contribution in [0.4, 0.5) is 16.2 Å². The van der Waals surface area contributed by atoms with Gasteiger partial charge in [-0.2, -0.15) is 0 Å². The summed E-state index contributed by atoms with van der Waals surface area (Å²) in [6.07, 6.45) is 0.824. The molecule has 0 bridgehead atoms. The van der Waals surface area contributed by atoms with Gasteiger partial charge >= 0.3 is 6.03 Å². The largest absolute Gasteiger partial charge is 0.375 e. The van der Waals surface area contributed by atoms with Gasteiger partial charge in [-0.25, -0.2) is 4.79 Å². The third kappa shape index (κ3) is 5.50. The second kappa shape index (κ2) is 9.09. The Morgan fingerprint density at radius 1 is 1.16 bits per heavy atom. The smallest absolute Gasteiger partial charge is 0.319 e. The van der Waals surface area contributed by atoms with Gasteiger partial charge in [-0.05, 0) is 31.0 Å². The number of methoxy groups -OCH3 is 1. The van der Waals surface area contributed by atoms with Gasteiger partial charge in [0.2, 0.25) is 5.91 Å². The standard InChI is InChI=1S/C16H21N5O3S/c1-4-14-20-21-15(25-14)8-17-16(23)19-12-7-5-6-11(10(12)2)18-13(22)9-24-3/h5-7H,4,8-9H2,1-3H3,(H,18,22)(H2,17,19,23). The second-order valence-corrected chi connectivity index (χ2v) is 6.36. The molecule has 0 fully saturated rings. The van der Waals surface area contributed by atoms with Gasteiger partial charge in [0.15, 0.2) is 0 Å². The highest BCUT2D eigenvalue weighted by Gasteiger charge is 2.10. The quantitative estimate of drug-likeness (QED) is 0.700. The molecule has 0 aliphatic carbocycles. The van der Waals surface area contributed by atoms with Crippen LogP contribution in [0.5, 0.6) is 0 Å². The van der Waals surface area contributed by atoms with E-state index in [4.69, 9.17) is 4.74 Å². The number of aromatic nitrogens is 2. The monoisotopic (exact) mass is 363 g/mol. The number of hydrogen-bond donors (Lipinski definition) is 3. The molecule has 2 rings (SSSR count). The fourth-order valence-corrected chi connectivity index (χ4v) is 2.77. The summed E-state index contributed by atoms with van der Waals surface area (Å²) >= 11 is 1.47. The molecular weight excluding hydrogens is 342 g/mol. The number of ether oxygens (including phenoxy) is 1. The van der Waals surface area contributed by atoms with Crippen LogP contribution >= 0.6 is 11.3 Å². The van der Waals surface area contributed by atoms with E-state index in [1.54, 1.807) is 18.2 Å². The fourth-order valence-electron chi connectivity index (χ4n) is 2.05. The van der Waals surface area contributed by atoms with Crippen molar-refractivity contribution < 1.29 is 14.3 Å². The minimum atomic E-state index is -0.350. The van der Waals surface area contributed by atoms with E-state index in [1.807, 2.05) is 13.8 Å². The minimum absolute atomic E-state index is 0.0286. The summed E-state index contributed by atoms with van der Waals surface area (Å²) in [4.78, 5) is 23.7. The average Bonchev–Trinajstić information content (AvgIpc) is 3.05. The summed E-state index contributed by atoms with van der Waals surface area (Å²) in [5.74, 6) is -0.254. The van der Waals surface area contributed by atoms with Crippen LogP contribution in [0.15, 0.2) is 18.2 Å². The molecule has 1 aromatic carbocycles. The number of urea groups is 1. The first-order chi connectivity index (χ1) is 12.0. The molecule has 0 radical (unpaired) electrons. The average molecular weight is 363 g/mol. The molecule has 134 valence electrons. The van der Waals surface area contributed by atoms with Crippen molar-refractivity contribution in [3.05, 3.63) is 33.8 Å². The molecule has 0 unspecified atom stereocenters. The van der Waals surface area contributed by atoms with Crippen LogP contribution in [0.1, 0.15) is 22.5 Å². The molecule has 8 nitrogen and oxygen atoms in total. The van der Waals surface area contributed by atoms with Crippen LogP contribution in [0.25, 0.3) is 0 Å². The normalized spacial score (nSPS) is 10.4. The SMILES string of the molecule is CCc1nnc(CNC(=O)Nc2cccc(NC(=O)COC)c2C)s1. The number of carbonyl (C=O) groups excluding carboxylic acids is 2. The van der Waals surface area contributed by atoms with Gasteiger partial charge in [0, 0.05) is 18.5 Å². The number of benzene rings is 1. The first-order valence-corrected chi connectivity index (χ1v) is 8.59. The van der Waals surface area contributed by atoms with E-state index in [-0.39, 0.29) is 18.5 Å². The number of carbonyl (C=O) groups is 2. The van der Waals surface area contributed by atoms with E-state index in [1.165, 1.54) is 18.4 Å². The maximum atomic E-state index is 12.1. The predicted molar refractivity (Wildman–Crippen MR) is 96.8 cm³/mol. The molecule has 0 spiro atoms. The first-order valence-electron chi connectivity index (χ1n) is 7.78. The predicted octanol–water partition coefficient (Wildman–Crippen LogP) is 2.32. The number of nitrogens with one attached hydrogen (secondary N) is 3. The van der Waals surface area contributed by atoms with E-state index in [2.05, 4.69) is 26.1 Å². The molecule has 1 heterocycles. The van der Waals surface area contributed by atoms with Gasteiger partial charge in [0.25, 0.3) is 0 Å². The molecule has 3 N–H and O–H groups in total. The van der Waals surface area contributed by atoms with Gasteiger partial charge in [-0.1, -0.05) is 24.3 Å². The van der Waals surface area contributed by atoms with Crippen molar-refractivity contribution in [2.24, 2.45) is 0 Å². The Balaban J connectivity index is 1.94. The highest BCUT2D eigenvalue weighted by Crippen LogP contribution is 2.23. The summed E-state index contributed by atoms with van der Waals surface area (Å²) in [6, 6.07) is 4.93. The van der Waals surface area contributed by atoms with E-state index in [0.29, 0.717) is 17.9 Å². The van der Waals surface area contributed by atoms with Crippen molar-refractivity contribution in [1.82, 2.24) is 15.5 Å². The maximum absolute atomic E-state index is 12.1. The molecule has 0 saturated heterocycles. The van der Waals surface area contributed by atoms with Gasteiger partial charge < -0.3 is 20.7 Å². The van der Waals surface area contributed by atoms with Crippen LogP contribution in [0, 0.1) is 6.92 Å². The topological polar surface area (TPSA) is 105 Å². The number of aryl methyl sites for hydroxylation is 1. The Kier molecular flexibility index (Phi) is 6.84. The Bertz CT molecular complexity index is 747. The van der Waals surface area contributed by atoms with Gasteiger partial charge in [0.05, 0.1) is 6.54 Å². The molecule has 1 aromatic heterocycles. The highest BCUT2D eigenvalue weighted by molar-refractivity contribution is 7.11. The molecule has 0 atom stereocenters. The lowest BCUT2D eigenvalue weighted by Gasteiger charge is -2.13. The zero-order valence-corrected chi connectivity index (χ0v) is 15.2. The van der Waals surface area contributed by atoms with Gasteiger partial charge in [-0.15, -0.1) is 10.2 Å². The van der Waals surface area contributed by atoms with E-state index < -0.39 is 0 Å². The van der Waals surface area contributed by atoms with E-state index in [0.717, 1.165) is 22.0 Å². The summed E-state index contributed by atoms with van der Waals surface area (Å²) in [5.41, 5.74) is 1.99. The van der Waals surface area contributed by atoms with Crippen molar-refractivity contribution in [3.8, 4) is 0 Å². The van der Waals surface area contributed by atoms with Crippen LogP contribution in [-0.2, 0) is 22.5 Å². The van der Waals surface area contributed by atoms with Crippen LogP contribution < -0.4 is 16.0 Å². The Labute approximate surface area is 150 Å². The van der Waals surface area contributed by atoms with Crippen molar-refractivity contribution >= 4 is 34.6 Å². The number of rotatable bonds is 7. The van der Waals surface area contributed by atoms with Crippen molar-refractivity contribution in [3.63, 3.8) is 0 Å². The lowest BCUT2D eigenvalue weighted by Crippen LogP contribution is -2.28. The van der Waals surface area contributed by atoms with Crippen LogP contribution in [0.2, 0.25) is 0 Å². The molecule has 3 amide bonds. The van der Waals surface area contributed by atoms with Crippen molar-refractivity contribution in [2.75, 3.05) is 24.4 Å². The fraction of sp³-hybridized carbons (Fsp3) is 0.375. The summed E-state index contributed by atoms with van der Waals surface area (Å²) in [6.45, 7) is 4.11. The third-order valence-corrected chi connectivity index (χ3v) is 4.41. The Morgan fingerprint density at radius 3 is 2.48 bits per heavy atom. The minimum Gasteiger partial charge on any atom is -0.375 e. The molecule has 0 aliphatic heterocycles. The molecular formula is C16H21N5O3S. The first kappa shape index (κ1) is 18.8. The zero-order valence-electron chi connectivity index (χ0n) is 14.4. The summed E-state index contributed by atoms with van der Waals surface area (Å²) in [5, 5.41) is 18.0. The van der Waals surface area contributed by atoms with E-state index >= 15 is 0 Å². The molecule has 0 saturated carbocycles. The lowest BCUT2D eigenvalue weighted by molar-refractivity contribution is -0.119. The third-order valence-electron chi connectivity index (χ3n) is 3.34. The van der Waals surface area contributed by atoms with Crippen molar-refractivity contribution in [2.45, 2.75) is 26.8 Å². The summed E-state index contributed by atoms with van der Waals surface area (Å²) < 4.78 is 4.79. The lowest BCUT2D eigenvalue weighted by atomic mass is 10.1. The van der Waals surface area contributed by atoms with Crippen molar-refractivity contribution in [1.29, 1.82) is 0 Å². The molecule has 25 heavy (non-hydrogen) atoms. The van der Waals surface area contributed by atoms with Gasteiger partial charge in [-0.3, -0.25) is 4.79 Å². The highest BCUT2D eigenvalue weighted by atomic mass is 32.1. The number of hydrogen-bond acceptors (Lipinski definition) is 6. The number of nitrogens with zero attached hydrogens (tertiary/aromatic N) is 2. The number of anilines is 2. The maximum Gasteiger partial charge on any atom is 0.319 e. The molecule has 0 aliphatic rings. The molecule has 9 heteroatoms. The van der Waals surface area contributed by atoms with Gasteiger partial charge in [0.1, 0.15) is 16.6 Å². The Morgan fingerprint density at radius 2 is 1.84 bits per heavy atom. The zero-order chi connectivity index (χ0) is 18.2. The Hall–Kier alpha value is -2.52. The van der Waals surface area contributed by atoms with E-state index in [9.17, 15) is 9.59 Å². The van der Waals surface area contributed by atoms with Crippen LogP contribution in [-0.4, -0.2) is 35.9 Å². The summed E-state index contributed by atoms with van der Waals surface area (Å²) in [7, 11) is 1.45. The molecule has 2 aromatic rings. The second-order valence-electron chi connectivity index (χ2n) is 5.21. The number of amides is 3.